The largest absolute Gasteiger partial charge is 0.445 e. The molecular formula is C17H12OS. The molecule has 92 valence electrons. The van der Waals surface area contributed by atoms with Crippen molar-refractivity contribution in [3.05, 3.63) is 78.4 Å². The van der Waals surface area contributed by atoms with Crippen LogP contribution in [0.2, 0.25) is 0 Å². The Morgan fingerprint density at radius 3 is 2.21 bits per heavy atom. The summed E-state index contributed by atoms with van der Waals surface area (Å²) in [5, 5.41) is 2.84. The zero-order valence-electron chi connectivity index (χ0n) is 10.2. The molecule has 19 heavy (non-hydrogen) atoms. The number of ether oxygens (including phenoxy) is 1. The van der Waals surface area contributed by atoms with Gasteiger partial charge in [-0.05, 0) is 35.1 Å². The molecule has 0 radical (unpaired) electrons. The summed E-state index contributed by atoms with van der Waals surface area (Å²) in [6, 6.07) is 23.9. The zero-order valence-corrected chi connectivity index (χ0v) is 11.1. The third-order valence-electron chi connectivity index (χ3n) is 2.94. The summed E-state index contributed by atoms with van der Waals surface area (Å²) in [5.74, 6) is 0.771. The van der Waals surface area contributed by atoms with Crippen LogP contribution in [0, 0.1) is 0 Å². The number of thiocarbonyl (C=S) groups is 1. The van der Waals surface area contributed by atoms with Gasteiger partial charge in [-0.1, -0.05) is 60.7 Å². The van der Waals surface area contributed by atoms with E-state index in [1.165, 1.54) is 5.39 Å². The van der Waals surface area contributed by atoms with E-state index in [9.17, 15) is 0 Å². The van der Waals surface area contributed by atoms with Crippen molar-refractivity contribution in [3.8, 4) is 5.75 Å². The molecule has 0 aromatic heterocycles. The average molecular weight is 264 g/mol. The number of hydrogen-bond acceptors (Lipinski definition) is 2. The number of benzene rings is 3. The van der Waals surface area contributed by atoms with Crippen LogP contribution >= 0.6 is 12.2 Å². The fraction of sp³-hybridized carbons (Fsp3) is 0. The van der Waals surface area contributed by atoms with Crippen molar-refractivity contribution in [1.82, 2.24) is 0 Å². The Morgan fingerprint density at radius 2 is 1.42 bits per heavy atom. The first kappa shape index (κ1) is 11.9. The maximum Gasteiger partial charge on any atom is 0.198 e. The minimum atomic E-state index is 0.496. The van der Waals surface area contributed by atoms with Gasteiger partial charge in [-0.3, -0.25) is 0 Å². The molecule has 0 amide bonds. The highest BCUT2D eigenvalue weighted by atomic mass is 32.1. The molecule has 3 aromatic rings. The van der Waals surface area contributed by atoms with Crippen LogP contribution in [0.15, 0.2) is 72.8 Å². The standard InChI is InChI=1S/C17H12OS/c19-17(14-7-2-1-3-8-14)18-16-11-10-13-6-4-5-9-15(13)12-16/h1-12H. The molecule has 1 nitrogen and oxygen atoms in total. The van der Waals surface area contributed by atoms with E-state index in [4.69, 9.17) is 17.0 Å². The fourth-order valence-corrected chi connectivity index (χ4v) is 2.20. The molecule has 0 bridgehead atoms. The fourth-order valence-electron chi connectivity index (χ4n) is 1.97. The van der Waals surface area contributed by atoms with Crippen LogP contribution in [-0.4, -0.2) is 5.05 Å². The van der Waals surface area contributed by atoms with Gasteiger partial charge in [0, 0.05) is 5.56 Å². The lowest BCUT2D eigenvalue weighted by atomic mass is 10.1. The molecule has 0 unspecified atom stereocenters. The van der Waals surface area contributed by atoms with Gasteiger partial charge in [-0.2, -0.15) is 0 Å². The first-order chi connectivity index (χ1) is 9.33. The molecule has 0 saturated heterocycles. The molecule has 2 heteroatoms. The van der Waals surface area contributed by atoms with E-state index in [1.54, 1.807) is 0 Å². The van der Waals surface area contributed by atoms with Crippen LogP contribution in [0.4, 0.5) is 0 Å². The van der Waals surface area contributed by atoms with Crippen molar-refractivity contribution >= 4 is 28.0 Å². The maximum absolute atomic E-state index is 5.74. The second-order valence-corrected chi connectivity index (χ2v) is 4.64. The summed E-state index contributed by atoms with van der Waals surface area (Å²) in [6.45, 7) is 0. The van der Waals surface area contributed by atoms with Crippen molar-refractivity contribution in [2.45, 2.75) is 0 Å². The van der Waals surface area contributed by atoms with Crippen LogP contribution in [0.3, 0.4) is 0 Å². The van der Waals surface area contributed by atoms with Gasteiger partial charge in [0.05, 0.1) is 0 Å². The van der Waals surface area contributed by atoms with Gasteiger partial charge in [0.25, 0.3) is 0 Å². The Morgan fingerprint density at radius 1 is 0.737 bits per heavy atom. The lowest BCUT2D eigenvalue weighted by Gasteiger charge is -2.08. The van der Waals surface area contributed by atoms with Crippen LogP contribution in [0.5, 0.6) is 5.75 Å². The lowest BCUT2D eigenvalue weighted by molar-refractivity contribution is 0.567. The quantitative estimate of drug-likeness (QED) is 0.626. The van der Waals surface area contributed by atoms with Gasteiger partial charge in [0.2, 0.25) is 0 Å². The molecule has 0 aliphatic heterocycles. The molecular weight excluding hydrogens is 252 g/mol. The molecule has 3 rings (SSSR count). The number of hydrogen-bond donors (Lipinski definition) is 0. The predicted molar refractivity (Wildman–Crippen MR) is 82.7 cm³/mol. The van der Waals surface area contributed by atoms with Crippen LogP contribution in [-0.2, 0) is 0 Å². The Labute approximate surface area is 117 Å². The van der Waals surface area contributed by atoms with E-state index in [0.29, 0.717) is 5.05 Å². The zero-order chi connectivity index (χ0) is 13.1. The Balaban J connectivity index is 1.87. The first-order valence-electron chi connectivity index (χ1n) is 6.09. The average Bonchev–Trinajstić information content (AvgIpc) is 2.48. The van der Waals surface area contributed by atoms with E-state index >= 15 is 0 Å². The molecule has 0 saturated carbocycles. The SMILES string of the molecule is S=C(Oc1ccc2ccccc2c1)c1ccccc1. The van der Waals surface area contributed by atoms with Gasteiger partial charge in [-0.25, -0.2) is 0 Å². The highest BCUT2D eigenvalue weighted by Crippen LogP contribution is 2.21. The van der Waals surface area contributed by atoms with Crippen LogP contribution in [0.25, 0.3) is 10.8 Å². The van der Waals surface area contributed by atoms with Crippen molar-refractivity contribution < 1.29 is 4.74 Å². The second-order valence-electron chi connectivity index (χ2n) is 4.26. The first-order valence-corrected chi connectivity index (χ1v) is 6.50. The predicted octanol–water partition coefficient (Wildman–Crippen LogP) is 4.59. The highest BCUT2D eigenvalue weighted by molar-refractivity contribution is 7.80. The summed E-state index contributed by atoms with van der Waals surface area (Å²) in [5.41, 5.74) is 0.922. The minimum absolute atomic E-state index is 0.496. The second kappa shape index (κ2) is 5.21. The molecule has 0 aliphatic rings. The van der Waals surface area contributed by atoms with Gasteiger partial charge in [0.1, 0.15) is 5.75 Å². The van der Waals surface area contributed by atoms with E-state index < -0.39 is 0 Å². The van der Waals surface area contributed by atoms with E-state index in [0.717, 1.165) is 16.7 Å². The Kier molecular flexibility index (Phi) is 3.25. The molecule has 0 aliphatic carbocycles. The molecule has 0 atom stereocenters. The molecule has 3 aromatic carbocycles. The number of rotatable bonds is 2. The molecule has 0 N–H and O–H groups in total. The Hall–Kier alpha value is -2.19. The minimum Gasteiger partial charge on any atom is -0.445 e. The third-order valence-corrected chi connectivity index (χ3v) is 3.26. The summed E-state index contributed by atoms with van der Waals surface area (Å²) < 4.78 is 5.74. The van der Waals surface area contributed by atoms with E-state index in [-0.39, 0.29) is 0 Å². The van der Waals surface area contributed by atoms with Gasteiger partial charge < -0.3 is 4.74 Å². The van der Waals surface area contributed by atoms with Gasteiger partial charge in [0.15, 0.2) is 5.05 Å². The summed E-state index contributed by atoms with van der Waals surface area (Å²) >= 11 is 5.30. The van der Waals surface area contributed by atoms with E-state index in [2.05, 4.69) is 12.1 Å². The smallest absolute Gasteiger partial charge is 0.198 e. The summed E-state index contributed by atoms with van der Waals surface area (Å²) in [4.78, 5) is 0. The van der Waals surface area contributed by atoms with Crippen LogP contribution < -0.4 is 4.74 Å². The normalized spacial score (nSPS) is 10.3. The van der Waals surface area contributed by atoms with Crippen molar-refractivity contribution in [2.75, 3.05) is 0 Å². The Bertz CT molecular complexity index is 719. The van der Waals surface area contributed by atoms with Gasteiger partial charge in [-0.15, -0.1) is 0 Å². The van der Waals surface area contributed by atoms with E-state index in [1.807, 2.05) is 60.7 Å². The summed E-state index contributed by atoms with van der Waals surface area (Å²) in [6.07, 6.45) is 0. The third kappa shape index (κ3) is 2.64. The van der Waals surface area contributed by atoms with Crippen LogP contribution in [0.1, 0.15) is 5.56 Å². The van der Waals surface area contributed by atoms with Crippen molar-refractivity contribution in [3.63, 3.8) is 0 Å². The lowest BCUT2D eigenvalue weighted by Crippen LogP contribution is -2.06. The number of fused-ring (bicyclic) bond motifs is 1. The monoisotopic (exact) mass is 264 g/mol. The highest BCUT2D eigenvalue weighted by Gasteiger charge is 2.04. The maximum atomic E-state index is 5.74. The molecule has 0 heterocycles. The molecule has 0 fully saturated rings. The summed E-state index contributed by atoms with van der Waals surface area (Å²) in [7, 11) is 0. The van der Waals surface area contributed by atoms with Crippen molar-refractivity contribution in [2.24, 2.45) is 0 Å². The molecule has 0 spiro atoms. The van der Waals surface area contributed by atoms with Gasteiger partial charge >= 0.3 is 0 Å². The van der Waals surface area contributed by atoms with Crippen molar-refractivity contribution in [1.29, 1.82) is 0 Å². The topological polar surface area (TPSA) is 9.23 Å².